The molecule has 0 aliphatic heterocycles. The SMILES string of the molecule is COC(=O)c1ccc(CN(c2cccc(F)c2)C(O)c2ccncc2)nc1. The van der Waals surface area contributed by atoms with E-state index >= 15 is 0 Å². The van der Waals surface area contributed by atoms with Gasteiger partial charge in [-0.3, -0.25) is 9.97 Å². The number of anilines is 1. The van der Waals surface area contributed by atoms with Gasteiger partial charge in [-0.15, -0.1) is 0 Å². The molecule has 1 unspecified atom stereocenters. The number of carbonyl (C=O) groups is 1. The topological polar surface area (TPSA) is 75.5 Å². The summed E-state index contributed by atoms with van der Waals surface area (Å²) in [4.78, 5) is 21.3. The molecule has 0 saturated heterocycles. The van der Waals surface area contributed by atoms with Crippen LogP contribution >= 0.6 is 0 Å². The molecule has 2 aromatic heterocycles. The summed E-state index contributed by atoms with van der Waals surface area (Å²) in [5.41, 5.74) is 2.03. The third kappa shape index (κ3) is 4.45. The second-order valence-electron chi connectivity index (χ2n) is 5.79. The molecule has 0 fully saturated rings. The number of nitrogens with zero attached hydrogens (tertiary/aromatic N) is 3. The maximum Gasteiger partial charge on any atom is 0.339 e. The summed E-state index contributed by atoms with van der Waals surface area (Å²) in [6.45, 7) is 0.203. The van der Waals surface area contributed by atoms with Crippen LogP contribution in [0.3, 0.4) is 0 Å². The standard InChI is InChI=1S/C20H18FN3O3/c1-27-20(26)15-5-6-17(23-12-15)13-24(18-4-2-3-16(21)11-18)19(25)14-7-9-22-10-8-14/h2-12,19,25H,13H2,1H3. The van der Waals surface area contributed by atoms with Crippen molar-refractivity contribution in [3.63, 3.8) is 0 Å². The van der Waals surface area contributed by atoms with Crippen molar-refractivity contribution in [1.29, 1.82) is 0 Å². The highest BCUT2D eigenvalue weighted by molar-refractivity contribution is 5.88. The van der Waals surface area contributed by atoms with Gasteiger partial charge in [-0.25, -0.2) is 9.18 Å². The number of aliphatic hydroxyl groups is 1. The van der Waals surface area contributed by atoms with E-state index in [2.05, 4.69) is 14.7 Å². The number of halogens is 1. The van der Waals surface area contributed by atoms with E-state index in [1.165, 1.54) is 25.4 Å². The number of aromatic nitrogens is 2. The van der Waals surface area contributed by atoms with Gasteiger partial charge in [-0.1, -0.05) is 6.07 Å². The molecule has 0 amide bonds. The van der Waals surface area contributed by atoms with E-state index in [0.717, 1.165) is 0 Å². The highest BCUT2D eigenvalue weighted by Gasteiger charge is 2.20. The molecule has 7 heteroatoms. The fourth-order valence-corrected chi connectivity index (χ4v) is 2.62. The number of pyridine rings is 2. The van der Waals surface area contributed by atoms with Crippen LogP contribution in [0.15, 0.2) is 67.1 Å². The number of carbonyl (C=O) groups excluding carboxylic acids is 1. The van der Waals surface area contributed by atoms with Crippen molar-refractivity contribution in [3.8, 4) is 0 Å². The Morgan fingerprint density at radius 3 is 2.63 bits per heavy atom. The number of esters is 1. The van der Waals surface area contributed by atoms with E-state index < -0.39 is 18.0 Å². The largest absolute Gasteiger partial charge is 0.465 e. The Morgan fingerprint density at radius 1 is 1.22 bits per heavy atom. The van der Waals surface area contributed by atoms with Crippen LogP contribution in [0.4, 0.5) is 10.1 Å². The third-order valence-electron chi connectivity index (χ3n) is 4.02. The van der Waals surface area contributed by atoms with Crippen LogP contribution < -0.4 is 4.90 Å². The Hall–Kier alpha value is -3.32. The average Bonchev–Trinajstić information content (AvgIpc) is 2.72. The van der Waals surface area contributed by atoms with Gasteiger partial charge in [0.15, 0.2) is 6.23 Å². The maximum atomic E-state index is 13.7. The first kappa shape index (κ1) is 18.5. The van der Waals surface area contributed by atoms with Gasteiger partial charge in [-0.05, 0) is 42.5 Å². The molecule has 6 nitrogen and oxygen atoms in total. The zero-order valence-corrected chi connectivity index (χ0v) is 14.6. The van der Waals surface area contributed by atoms with Crippen LogP contribution in [-0.4, -0.2) is 28.2 Å². The summed E-state index contributed by atoms with van der Waals surface area (Å²) in [5.74, 6) is -0.888. The molecule has 0 bridgehead atoms. The van der Waals surface area contributed by atoms with E-state index in [0.29, 0.717) is 22.5 Å². The normalized spacial score (nSPS) is 11.7. The fourth-order valence-electron chi connectivity index (χ4n) is 2.62. The Morgan fingerprint density at radius 2 is 2.00 bits per heavy atom. The third-order valence-corrected chi connectivity index (χ3v) is 4.02. The fraction of sp³-hybridized carbons (Fsp3) is 0.150. The zero-order valence-electron chi connectivity index (χ0n) is 14.6. The Bertz CT molecular complexity index is 904. The molecule has 3 aromatic rings. The minimum absolute atomic E-state index is 0.203. The quantitative estimate of drug-likeness (QED) is 0.533. The van der Waals surface area contributed by atoms with Crippen LogP contribution in [0.5, 0.6) is 0 Å². The summed E-state index contributed by atoms with van der Waals surface area (Å²) >= 11 is 0. The Kier molecular flexibility index (Phi) is 5.73. The number of aliphatic hydroxyl groups excluding tert-OH is 1. The molecule has 27 heavy (non-hydrogen) atoms. The highest BCUT2D eigenvalue weighted by Crippen LogP contribution is 2.27. The summed E-state index contributed by atoms with van der Waals surface area (Å²) in [6.07, 6.45) is 3.53. The lowest BCUT2D eigenvalue weighted by atomic mass is 10.1. The summed E-state index contributed by atoms with van der Waals surface area (Å²) in [5, 5.41) is 10.8. The predicted molar refractivity (Wildman–Crippen MR) is 97.4 cm³/mol. The molecular weight excluding hydrogens is 349 g/mol. The van der Waals surface area contributed by atoms with E-state index in [-0.39, 0.29) is 6.54 Å². The minimum atomic E-state index is -1.03. The van der Waals surface area contributed by atoms with Gasteiger partial charge >= 0.3 is 5.97 Å². The predicted octanol–water partition coefficient (Wildman–Crippen LogP) is 3.10. The van der Waals surface area contributed by atoms with Gasteiger partial charge in [-0.2, -0.15) is 0 Å². The first-order valence-electron chi connectivity index (χ1n) is 8.22. The first-order chi connectivity index (χ1) is 13.1. The van der Waals surface area contributed by atoms with Gasteiger partial charge in [0.2, 0.25) is 0 Å². The second-order valence-corrected chi connectivity index (χ2v) is 5.79. The van der Waals surface area contributed by atoms with E-state index in [9.17, 15) is 14.3 Å². The highest BCUT2D eigenvalue weighted by atomic mass is 19.1. The molecule has 3 rings (SSSR count). The van der Waals surface area contributed by atoms with Crippen LogP contribution in [0, 0.1) is 5.82 Å². The second kappa shape index (κ2) is 8.37. The number of hydrogen-bond acceptors (Lipinski definition) is 6. The van der Waals surface area contributed by atoms with E-state index in [4.69, 9.17) is 0 Å². The number of hydrogen-bond donors (Lipinski definition) is 1. The molecule has 1 aromatic carbocycles. The van der Waals surface area contributed by atoms with Crippen molar-refractivity contribution in [1.82, 2.24) is 9.97 Å². The van der Waals surface area contributed by atoms with Gasteiger partial charge in [0, 0.05) is 29.8 Å². The molecule has 138 valence electrons. The van der Waals surface area contributed by atoms with Crippen molar-refractivity contribution in [2.24, 2.45) is 0 Å². The summed E-state index contributed by atoms with van der Waals surface area (Å²) in [7, 11) is 1.30. The number of ether oxygens (including phenoxy) is 1. The van der Waals surface area contributed by atoms with E-state index in [1.54, 1.807) is 53.7 Å². The Labute approximate surface area is 155 Å². The van der Waals surface area contributed by atoms with Crippen LogP contribution in [0.1, 0.15) is 27.8 Å². The molecule has 1 N–H and O–H groups in total. The molecular formula is C20H18FN3O3. The lowest BCUT2D eigenvalue weighted by Crippen LogP contribution is -2.28. The maximum absolute atomic E-state index is 13.7. The van der Waals surface area contributed by atoms with Gasteiger partial charge in [0.25, 0.3) is 0 Å². The molecule has 0 spiro atoms. The van der Waals surface area contributed by atoms with Gasteiger partial charge < -0.3 is 14.7 Å². The smallest absolute Gasteiger partial charge is 0.339 e. The lowest BCUT2D eigenvalue weighted by Gasteiger charge is -2.30. The minimum Gasteiger partial charge on any atom is -0.465 e. The van der Waals surface area contributed by atoms with Crippen molar-refractivity contribution in [2.75, 3.05) is 12.0 Å². The monoisotopic (exact) mass is 367 g/mol. The summed E-state index contributed by atoms with van der Waals surface area (Å²) < 4.78 is 18.4. The molecule has 0 radical (unpaired) electrons. The molecule has 0 saturated carbocycles. The summed E-state index contributed by atoms with van der Waals surface area (Å²) in [6, 6.07) is 12.6. The van der Waals surface area contributed by atoms with Gasteiger partial charge in [0.1, 0.15) is 5.82 Å². The molecule has 1 atom stereocenters. The Balaban J connectivity index is 1.91. The molecule has 0 aliphatic rings. The number of methoxy groups -OCH3 is 1. The van der Waals surface area contributed by atoms with Crippen molar-refractivity contribution in [3.05, 3.63) is 89.8 Å². The first-order valence-corrected chi connectivity index (χ1v) is 8.22. The number of benzene rings is 1. The van der Waals surface area contributed by atoms with Crippen LogP contribution in [-0.2, 0) is 11.3 Å². The average molecular weight is 367 g/mol. The molecule has 0 aliphatic carbocycles. The van der Waals surface area contributed by atoms with E-state index in [1.807, 2.05) is 0 Å². The van der Waals surface area contributed by atoms with Crippen molar-refractivity contribution >= 4 is 11.7 Å². The van der Waals surface area contributed by atoms with Crippen LogP contribution in [0.2, 0.25) is 0 Å². The molecule has 2 heterocycles. The van der Waals surface area contributed by atoms with Crippen molar-refractivity contribution in [2.45, 2.75) is 12.8 Å². The zero-order chi connectivity index (χ0) is 19.2. The number of rotatable bonds is 6. The van der Waals surface area contributed by atoms with Gasteiger partial charge in [0.05, 0.1) is 24.9 Å². The van der Waals surface area contributed by atoms with Crippen LogP contribution in [0.25, 0.3) is 0 Å². The van der Waals surface area contributed by atoms with Crippen molar-refractivity contribution < 1.29 is 19.0 Å². The lowest BCUT2D eigenvalue weighted by molar-refractivity contribution is 0.0600.